The summed E-state index contributed by atoms with van der Waals surface area (Å²) in [4.78, 5) is 4.27. The second kappa shape index (κ2) is 4.98. The van der Waals surface area contributed by atoms with Gasteiger partial charge in [0.2, 0.25) is 0 Å². The fraction of sp³-hybridized carbons (Fsp3) is 0.500. The van der Waals surface area contributed by atoms with Gasteiger partial charge >= 0.3 is 0 Å². The molecule has 2 aromatic rings. The Balaban J connectivity index is 1.66. The lowest BCUT2D eigenvalue weighted by Crippen LogP contribution is -2.30. The van der Waals surface area contributed by atoms with Crippen molar-refractivity contribution in [2.75, 3.05) is 19.7 Å². The van der Waals surface area contributed by atoms with Gasteiger partial charge in [0, 0.05) is 13.0 Å². The number of fused-ring (bicyclic) bond motifs is 1. The van der Waals surface area contributed by atoms with E-state index in [1.807, 2.05) is 25.1 Å². The maximum absolute atomic E-state index is 5.85. The Kier molecular flexibility index (Phi) is 3.19. The van der Waals surface area contributed by atoms with Crippen LogP contribution < -0.4 is 10.1 Å². The largest absolute Gasteiger partial charge is 0.493 e. The Morgan fingerprint density at radius 3 is 3.06 bits per heavy atom. The second-order valence-electron chi connectivity index (χ2n) is 4.87. The molecule has 96 valence electrons. The Morgan fingerprint density at radius 1 is 1.39 bits per heavy atom. The van der Waals surface area contributed by atoms with Crippen LogP contribution in [0.4, 0.5) is 0 Å². The van der Waals surface area contributed by atoms with Crippen LogP contribution >= 0.6 is 0 Å². The summed E-state index contributed by atoms with van der Waals surface area (Å²) in [5.41, 5.74) is 1.69. The van der Waals surface area contributed by atoms with E-state index < -0.39 is 0 Å². The van der Waals surface area contributed by atoms with Crippen molar-refractivity contribution in [3.05, 3.63) is 24.1 Å². The molecular formula is C14H18N2O2. The van der Waals surface area contributed by atoms with E-state index in [0.29, 0.717) is 11.8 Å². The number of hydrogen-bond acceptors (Lipinski definition) is 4. The summed E-state index contributed by atoms with van der Waals surface area (Å²) in [6.45, 7) is 4.86. The quantitative estimate of drug-likeness (QED) is 0.904. The summed E-state index contributed by atoms with van der Waals surface area (Å²) in [6, 6.07) is 5.84. The highest BCUT2D eigenvalue weighted by Crippen LogP contribution is 2.22. The molecule has 0 radical (unpaired) electrons. The van der Waals surface area contributed by atoms with Gasteiger partial charge in [0.1, 0.15) is 11.3 Å². The molecule has 1 N–H and O–H groups in total. The first-order chi connectivity index (χ1) is 8.81. The molecule has 1 aliphatic rings. The standard InChI is InChI=1S/C14H18N2O2/c1-10-16-13-3-2-12(8-14(13)18-10)17-9-11-4-6-15-7-5-11/h2-3,8,11,15H,4-7,9H2,1H3. The monoisotopic (exact) mass is 246 g/mol. The number of piperidine rings is 1. The summed E-state index contributed by atoms with van der Waals surface area (Å²) >= 11 is 0. The molecule has 1 aliphatic heterocycles. The van der Waals surface area contributed by atoms with E-state index in [1.54, 1.807) is 0 Å². The van der Waals surface area contributed by atoms with Crippen LogP contribution in [0, 0.1) is 12.8 Å². The van der Waals surface area contributed by atoms with E-state index in [0.717, 1.165) is 36.5 Å². The lowest BCUT2D eigenvalue weighted by molar-refractivity contribution is 0.215. The molecule has 0 unspecified atom stereocenters. The smallest absolute Gasteiger partial charge is 0.192 e. The molecule has 0 amide bonds. The molecule has 2 heterocycles. The normalized spacial score (nSPS) is 17.2. The molecule has 1 aromatic heterocycles. The Morgan fingerprint density at radius 2 is 2.22 bits per heavy atom. The minimum Gasteiger partial charge on any atom is -0.493 e. The lowest BCUT2D eigenvalue weighted by atomic mass is 9.99. The van der Waals surface area contributed by atoms with Crippen molar-refractivity contribution in [1.29, 1.82) is 0 Å². The van der Waals surface area contributed by atoms with Crippen LogP contribution in [0.5, 0.6) is 5.75 Å². The van der Waals surface area contributed by atoms with Gasteiger partial charge in [-0.05, 0) is 44.0 Å². The number of aryl methyl sites for hydroxylation is 1. The molecule has 0 saturated carbocycles. The van der Waals surface area contributed by atoms with Crippen molar-refractivity contribution < 1.29 is 9.15 Å². The molecule has 0 spiro atoms. The summed E-state index contributed by atoms with van der Waals surface area (Å²) in [5.74, 6) is 2.23. The summed E-state index contributed by atoms with van der Waals surface area (Å²) in [6.07, 6.45) is 2.40. The van der Waals surface area contributed by atoms with Crippen molar-refractivity contribution in [3.8, 4) is 5.75 Å². The zero-order valence-electron chi connectivity index (χ0n) is 10.6. The SMILES string of the molecule is Cc1nc2ccc(OCC3CCNCC3)cc2o1. The van der Waals surface area contributed by atoms with Crippen molar-refractivity contribution in [1.82, 2.24) is 10.3 Å². The fourth-order valence-corrected chi connectivity index (χ4v) is 2.37. The minimum atomic E-state index is 0.665. The number of oxazole rings is 1. The van der Waals surface area contributed by atoms with Gasteiger partial charge in [-0.2, -0.15) is 0 Å². The Labute approximate surface area is 106 Å². The van der Waals surface area contributed by atoms with Gasteiger partial charge in [-0.3, -0.25) is 0 Å². The van der Waals surface area contributed by atoms with Crippen LogP contribution in [0.1, 0.15) is 18.7 Å². The Bertz CT molecular complexity index is 530. The van der Waals surface area contributed by atoms with Crippen molar-refractivity contribution in [2.24, 2.45) is 5.92 Å². The first kappa shape index (κ1) is 11.5. The number of aromatic nitrogens is 1. The number of nitrogens with one attached hydrogen (secondary N) is 1. The number of benzene rings is 1. The van der Waals surface area contributed by atoms with E-state index in [4.69, 9.17) is 9.15 Å². The number of rotatable bonds is 3. The van der Waals surface area contributed by atoms with Crippen LogP contribution in [-0.2, 0) is 0 Å². The van der Waals surface area contributed by atoms with Crippen LogP contribution in [-0.4, -0.2) is 24.7 Å². The summed E-state index contributed by atoms with van der Waals surface area (Å²) < 4.78 is 11.3. The van der Waals surface area contributed by atoms with Gasteiger partial charge in [-0.25, -0.2) is 4.98 Å². The first-order valence-electron chi connectivity index (χ1n) is 6.52. The van der Waals surface area contributed by atoms with Crippen molar-refractivity contribution in [2.45, 2.75) is 19.8 Å². The highest BCUT2D eigenvalue weighted by molar-refractivity contribution is 5.74. The zero-order chi connectivity index (χ0) is 12.4. The third kappa shape index (κ3) is 2.48. The average Bonchev–Trinajstić information content (AvgIpc) is 2.77. The summed E-state index contributed by atoms with van der Waals surface area (Å²) in [7, 11) is 0. The fourth-order valence-electron chi connectivity index (χ4n) is 2.37. The number of ether oxygens (including phenoxy) is 1. The Hall–Kier alpha value is -1.55. The molecule has 1 aromatic carbocycles. The molecule has 0 aliphatic carbocycles. The van der Waals surface area contributed by atoms with Gasteiger partial charge < -0.3 is 14.5 Å². The third-order valence-corrected chi connectivity index (χ3v) is 3.41. The number of hydrogen-bond donors (Lipinski definition) is 1. The number of nitrogens with zero attached hydrogens (tertiary/aromatic N) is 1. The topological polar surface area (TPSA) is 47.3 Å². The predicted octanol–water partition coefficient (Wildman–Crippen LogP) is 2.51. The molecule has 4 nitrogen and oxygen atoms in total. The van der Waals surface area contributed by atoms with E-state index >= 15 is 0 Å². The predicted molar refractivity (Wildman–Crippen MR) is 69.8 cm³/mol. The van der Waals surface area contributed by atoms with Gasteiger partial charge in [-0.1, -0.05) is 0 Å². The van der Waals surface area contributed by atoms with Crippen LogP contribution in [0.25, 0.3) is 11.1 Å². The first-order valence-corrected chi connectivity index (χ1v) is 6.52. The van der Waals surface area contributed by atoms with Gasteiger partial charge in [0.15, 0.2) is 11.5 Å². The second-order valence-corrected chi connectivity index (χ2v) is 4.87. The van der Waals surface area contributed by atoms with Crippen LogP contribution in [0.15, 0.2) is 22.6 Å². The highest BCUT2D eigenvalue weighted by atomic mass is 16.5. The maximum Gasteiger partial charge on any atom is 0.192 e. The molecule has 0 atom stereocenters. The minimum absolute atomic E-state index is 0.665. The highest BCUT2D eigenvalue weighted by Gasteiger charge is 2.13. The van der Waals surface area contributed by atoms with E-state index in [2.05, 4.69) is 10.3 Å². The molecular weight excluding hydrogens is 228 g/mol. The average molecular weight is 246 g/mol. The molecule has 3 rings (SSSR count). The third-order valence-electron chi connectivity index (χ3n) is 3.41. The summed E-state index contributed by atoms with van der Waals surface area (Å²) in [5, 5.41) is 3.36. The van der Waals surface area contributed by atoms with Crippen molar-refractivity contribution >= 4 is 11.1 Å². The maximum atomic E-state index is 5.85. The van der Waals surface area contributed by atoms with Crippen LogP contribution in [0.3, 0.4) is 0 Å². The van der Waals surface area contributed by atoms with E-state index in [1.165, 1.54) is 12.8 Å². The molecule has 18 heavy (non-hydrogen) atoms. The van der Waals surface area contributed by atoms with Gasteiger partial charge in [-0.15, -0.1) is 0 Å². The molecule has 0 bridgehead atoms. The molecule has 1 fully saturated rings. The van der Waals surface area contributed by atoms with Gasteiger partial charge in [0.05, 0.1) is 6.61 Å². The van der Waals surface area contributed by atoms with E-state index in [9.17, 15) is 0 Å². The van der Waals surface area contributed by atoms with Gasteiger partial charge in [0.25, 0.3) is 0 Å². The molecule has 1 saturated heterocycles. The van der Waals surface area contributed by atoms with E-state index in [-0.39, 0.29) is 0 Å². The van der Waals surface area contributed by atoms with Crippen LogP contribution in [0.2, 0.25) is 0 Å². The van der Waals surface area contributed by atoms with Crippen molar-refractivity contribution in [3.63, 3.8) is 0 Å². The zero-order valence-corrected chi connectivity index (χ0v) is 10.6. The molecule has 4 heteroatoms. The lowest BCUT2D eigenvalue weighted by Gasteiger charge is -2.22.